The summed E-state index contributed by atoms with van der Waals surface area (Å²) in [4.78, 5) is 11.4. The van der Waals surface area contributed by atoms with Gasteiger partial charge in [0.15, 0.2) is 5.96 Å². The number of pyridine rings is 1. The van der Waals surface area contributed by atoms with Gasteiger partial charge < -0.3 is 15.0 Å². The highest BCUT2D eigenvalue weighted by molar-refractivity contribution is 14.0. The topological polar surface area (TPSA) is 87.1 Å². The number of benzene rings is 1. The van der Waals surface area contributed by atoms with Gasteiger partial charge in [-0.1, -0.05) is 24.3 Å². The van der Waals surface area contributed by atoms with Crippen LogP contribution in [-0.2, 0) is 21.3 Å². The number of hydrogen-bond donors (Lipinski definition) is 1. The first-order chi connectivity index (χ1) is 14.9. The van der Waals surface area contributed by atoms with E-state index in [4.69, 9.17) is 9.73 Å². The first-order valence-corrected chi connectivity index (χ1v) is 12.5. The standard InChI is InChI=1S/C22H33N5O3S.HI/c1-4-23-22(25-17-20-8-5-7-19-9-6-10-24-21(19)20)26-11-13-27(14-12-26)31(28,29)16-15-30-18(2)3;/h5-10,18H,4,11-17H2,1-3H3,(H,23,25);1H. The van der Waals surface area contributed by atoms with Crippen molar-refractivity contribution in [1.29, 1.82) is 0 Å². The van der Waals surface area contributed by atoms with Crippen LogP contribution in [0.25, 0.3) is 10.9 Å². The molecule has 1 aromatic carbocycles. The molecule has 0 amide bonds. The summed E-state index contributed by atoms with van der Waals surface area (Å²) in [6.07, 6.45) is 1.83. The van der Waals surface area contributed by atoms with Crippen LogP contribution in [0.1, 0.15) is 26.3 Å². The summed E-state index contributed by atoms with van der Waals surface area (Å²) >= 11 is 0. The van der Waals surface area contributed by atoms with Gasteiger partial charge in [0.25, 0.3) is 0 Å². The summed E-state index contributed by atoms with van der Waals surface area (Å²) in [7, 11) is -3.31. The van der Waals surface area contributed by atoms with E-state index in [-0.39, 0.29) is 42.4 Å². The van der Waals surface area contributed by atoms with Crippen LogP contribution in [0, 0.1) is 0 Å². The van der Waals surface area contributed by atoms with E-state index in [1.54, 1.807) is 10.5 Å². The van der Waals surface area contributed by atoms with Crippen molar-refractivity contribution in [3.05, 3.63) is 42.1 Å². The van der Waals surface area contributed by atoms with Crippen LogP contribution in [0.15, 0.2) is 41.5 Å². The molecule has 0 aliphatic carbocycles. The Bertz CT molecular complexity index is 987. The van der Waals surface area contributed by atoms with Crippen molar-refractivity contribution in [2.24, 2.45) is 4.99 Å². The summed E-state index contributed by atoms with van der Waals surface area (Å²) in [6.45, 7) is 9.43. The number of sulfonamides is 1. The van der Waals surface area contributed by atoms with E-state index in [0.29, 0.717) is 32.7 Å². The van der Waals surface area contributed by atoms with Crippen LogP contribution in [-0.4, -0.2) is 79.8 Å². The monoisotopic (exact) mass is 575 g/mol. The molecule has 10 heteroatoms. The molecule has 1 N–H and O–H groups in total. The van der Waals surface area contributed by atoms with Gasteiger partial charge in [0, 0.05) is 44.3 Å². The largest absolute Gasteiger partial charge is 0.378 e. The van der Waals surface area contributed by atoms with Crippen molar-refractivity contribution in [3.63, 3.8) is 0 Å². The van der Waals surface area contributed by atoms with E-state index in [9.17, 15) is 8.42 Å². The maximum absolute atomic E-state index is 12.6. The van der Waals surface area contributed by atoms with Crippen LogP contribution >= 0.6 is 24.0 Å². The van der Waals surface area contributed by atoms with Crippen molar-refractivity contribution < 1.29 is 13.2 Å². The first kappa shape index (κ1) is 26.7. The second-order valence-electron chi connectivity index (χ2n) is 7.78. The average Bonchev–Trinajstić information content (AvgIpc) is 2.76. The maximum Gasteiger partial charge on any atom is 0.216 e. The van der Waals surface area contributed by atoms with E-state index in [1.165, 1.54) is 0 Å². The number of halogens is 1. The third kappa shape index (κ3) is 7.26. The van der Waals surface area contributed by atoms with Crippen LogP contribution < -0.4 is 5.32 Å². The highest BCUT2D eigenvalue weighted by Crippen LogP contribution is 2.17. The molecule has 3 rings (SSSR count). The van der Waals surface area contributed by atoms with Gasteiger partial charge in [-0.2, -0.15) is 4.31 Å². The Morgan fingerprint density at radius 1 is 1.19 bits per heavy atom. The normalized spacial score (nSPS) is 15.8. The number of rotatable bonds is 8. The Labute approximate surface area is 208 Å². The number of piperazine rings is 1. The lowest BCUT2D eigenvalue weighted by atomic mass is 10.1. The Morgan fingerprint density at radius 2 is 1.91 bits per heavy atom. The molecule has 1 saturated heterocycles. The Hall–Kier alpha value is -1.50. The maximum atomic E-state index is 12.6. The van der Waals surface area contributed by atoms with Crippen molar-refractivity contribution >= 4 is 50.9 Å². The predicted molar refractivity (Wildman–Crippen MR) is 140 cm³/mol. The fourth-order valence-corrected chi connectivity index (χ4v) is 4.86. The number of nitrogens with zero attached hydrogens (tertiary/aromatic N) is 4. The highest BCUT2D eigenvalue weighted by atomic mass is 127. The molecule has 32 heavy (non-hydrogen) atoms. The number of fused-ring (bicyclic) bond motifs is 1. The highest BCUT2D eigenvalue weighted by Gasteiger charge is 2.28. The van der Waals surface area contributed by atoms with Crippen LogP contribution in [0.5, 0.6) is 0 Å². The zero-order valence-electron chi connectivity index (χ0n) is 19.0. The SMILES string of the molecule is CCNC(=NCc1cccc2cccnc12)N1CCN(S(=O)(=O)CCOC(C)C)CC1.I. The lowest BCUT2D eigenvalue weighted by Gasteiger charge is -2.36. The molecular formula is C22H34IN5O3S. The minimum atomic E-state index is -3.31. The smallest absolute Gasteiger partial charge is 0.216 e. The summed E-state index contributed by atoms with van der Waals surface area (Å²) in [6, 6.07) is 10.1. The number of hydrogen-bond acceptors (Lipinski definition) is 5. The fraction of sp³-hybridized carbons (Fsp3) is 0.545. The van der Waals surface area contributed by atoms with E-state index in [0.717, 1.165) is 29.0 Å². The number of ether oxygens (including phenoxy) is 1. The average molecular weight is 576 g/mol. The number of guanidine groups is 1. The molecule has 0 saturated carbocycles. The van der Waals surface area contributed by atoms with Crippen LogP contribution in [0.2, 0.25) is 0 Å². The number of nitrogens with one attached hydrogen (secondary N) is 1. The first-order valence-electron chi connectivity index (χ1n) is 10.9. The quantitative estimate of drug-likeness (QED) is 0.296. The van der Waals surface area contributed by atoms with Crippen molar-refractivity contribution in [1.82, 2.24) is 19.5 Å². The molecule has 0 radical (unpaired) electrons. The predicted octanol–water partition coefficient (Wildman–Crippen LogP) is 2.69. The van der Waals surface area contributed by atoms with Gasteiger partial charge in [-0.3, -0.25) is 4.98 Å². The molecule has 1 aliphatic heterocycles. The zero-order chi connectivity index (χ0) is 22.3. The summed E-state index contributed by atoms with van der Waals surface area (Å²) < 4.78 is 32.1. The van der Waals surface area contributed by atoms with Crippen LogP contribution in [0.4, 0.5) is 0 Å². The molecule has 2 aromatic rings. The molecular weight excluding hydrogens is 541 g/mol. The van der Waals surface area contributed by atoms with Gasteiger partial charge in [-0.25, -0.2) is 13.4 Å². The van der Waals surface area contributed by atoms with Gasteiger partial charge in [-0.15, -0.1) is 24.0 Å². The van der Waals surface area contributed by atoms with Crippen LogP contribution in [0.3, 0.4) is 0 Å². The van der Waals surface area contributed by atoms with E-state index >= 15 is 0 Å². The molecule has 0 bridgehead atoms. The Balaban J connectivity index is 0.00000363. The van der Waals surface area contributed by atoms with Crippen molar-refractivity contribution in [3.8, 4) is 0 Å². The summed E-state index contributed by atoms with van der Waals surface area (Å²) in [5.74, 6) is 0.823. The minimum Gasteiger partial charge on any atom is -0.378 e. The second kappa shape index (κ2) is 12.7. The lowest BCUT2D eigenvalue weighted by molar-refractivity contribution is 0.0904. The third-order valence-corrected chi connectivity index (χ3v) is 7.01. The van der Waals surface area contributed by atoms with Gasteiger partial charge in [0.1, 0.15) is 0 Å². The zero-order valence-corrected chi connectivity index (χ0v) is 22.2. The third-order valence-electron chi connectivity index (χ3n) is 5.17. The number of para-hydroxylation sites is 1. The van der Waals surface area contributed by atoms with E-state index in [2.05, 4.69) is 15.2 Å². The molecule has 0 spiro atoms. The molecule has 1 aromatic heterocycles. The lowest BCUT2D eigenvalue weighted by Crippen LogP contribution is -2.54. The van der Waals surface area contributed by atoms with E-state index < -0.39 is 10.0 Å². The molecule has 8 nitrogen and oxygen atoms in total. The summed E-state index contributed by atoms with van der Waals surface area (Å²) in [5.41, 5.74) is 2.03. The number of aromatic nitrogens is 1. The van der Waals surface area contributed by atoms with Gasteiger partial charge >= 0.3 is 0 Å². The minimum absolute atomic E-state index is 0. The fourth-order valence-electron chi connectivity index (χ4n) is 3.58. The Morgan fingerprint density at radius 3 is 2.59 bits per heavy atom. The molecule has 178 valence electrons. The van der Waals surface area contributed by atoms with Crippen molar-refractivity contribution in [2.45, 2.75) is 33.4 Å². The Kier molecular flexibility index (Phi) is 10.6. The van der Waals surface area contributed by atoms with Gasteiger partial charge in [0.2, 0.25) is 10.0 Å². The molecule has 2 heterocycles. The summed E-state index contributed by atoms with van der Waals surface area (Å²) in [5, 5.41) is 4.44. The van der Waals surface area contributed by atoms with Gasteiger partial charge in [-0.05, 0) is 32.4 Å². The number of aliphatic imine (C=N–C) groups is 1. The van der Waals surface area contributed by atoms with Crippen molar-refractivity contribution in [2.75, 3.05) is 45.1 Å². The molecule has 1 aliphatic rings. The van der Waals surface area contributed by atoms with E-state index in [1.807, 2.05) is 51.1 Å². The second-order valence-corrected chi connectivity index (χ2v) is 9.87. The van der Waals surface area contributed by atoms with Gasteiger partial charge in [0.05, 0.1) is 30.5 Å². The molecule has 1 fully saturated rings. The molecule has 0 unspecified atom stereocenters. The molecule has 0 atom stereocenters.